The van der Waals surface area contributed by atoms with Gasteiger partial charge in [0.1, 0.15) is 0 Å². The highest BCUT2D eigenvalue weighted by Gasteiger charge is 2.08. The second-order valence-electron chi connectivity index (χ2n) is 5.34. The Hall–Kier alpha value is -1.08. The number of allylic oxidation sites excluding steroid dienone is 1. The third-order valence-corrected chi connectivity index (χ3v) is 3.75. The molecule has 1 rings (SSSR count). The van der Waals surface area contributed by atoms with Crippen LogP contribution in [0, 0.1) is 0 Å². The van der Waals surface area contributed by atoms with Crippen molar-refractivity contribution in [2.75, 3.05) is 0 Å². The maximum Gasteiger partial charge on any atom is 0.0998 e. The van der Waals surface area contributed by atoms with Crippen LogP contribution >= 0.6 is 0 Å². The second-order valence-corrected chi connectivity index (χ2v) is 5.34. The molecule has 0 fully saturated rings. The Bertz CT molecular complexity index is 375. The number of hydrogen-bond donors (Lipinski definition) is 1. The predicted octanol–water partition coefficient (Wildman–Crippen LogP) is 5.20. The van der Waals surface area contributed by atoms with E-state index in [-0.39, 0.29) is 0 Å². The van der Waals surface area contributed by atoms with Gasteiger partial charge < -0.3 is 5.11 Å². The molecule has 0 aliphatic carbocycles. The number of aliphatic hydroxyl groups excluding tert-OH is 1. The minimum absolute atomic E-state index is 0.455. The molecule has 0 aromatic heterocycles. The normalized spacial score (nSPS) is 13.6. The molecule has 0 amide bonds. The lowest BCUT2D eigenvalue weighted by molar-refractivity contribution is 0.215. The van der Waals surface area contributed by atoms with Crippen molar-refractivity contribution in [3.63, 3.8) is 0 Å². The van der Waals surface area contributed by atoms with Gasteiger partial charge in [-0.2, -0.15) is 0 Å². The molecule has 19 heavy (non-hydrogen) atoms. The first kappa shape index (κ1) is 16.0. The van der Waals surface area contributed by atoms with Gasteiger partial charge in [0.05, 0.1) is 6.10 Å². The average molecular weight is 260 g/mol. The summed E-state index contributed by atoms with van der Waals surface area (Å²) in [5, 5.41) is 10.1. The molecule has 1 N–H and O–H groups in total. The van der Waals surface area contributed by atoms with E-state index in [2.05, 4.69) is 31.2 Å². The molecule has 0 spiro atoms. The van der Waals surface area contributed by atoms with Crippen LogP contribution < -0.4 is 0 Å². The molecule has 106 valence electrons. The van der Waals surface area contributed by atoms with Crippen molar-refractivity contribution in [1.29, 1.82) is 0 Å². The van der Waals surface area contributed by atoms with Crippen molar-refractivity contribution in [3.05, 3.63) is 47.0 Å². The van der Waals surface area contributed by atoms with E-state index < -0.39 is 6.10 Å². The standard InChI is InChI=1S/C18H28O/c1-4-6-7-8-9-10-16-11-13-17(14-12-16)18(19)15(3)5-2/h5,11-14,18-19H,4,6-10H2,1-3H3/b15-5+/t18-/m0/s1. The summed E-state index contributed by atoms with van der Waals surface area (Å²) in [7, 11) is 0. The number of unbranched alkanes of at least 4 members (excludes halogenated alkanes) is 4. The molecule has 0 saturated heterocycles. The fraction of sp³-hybridized carbons (Fsp3) is 0.556. The molecule has 1 nitrogen and oxygen atoms in total. The van der Waals surface area contributed by atoms with Crippen LogP contribution in [0.4, 0.5) is 0 Å². The van der Waals surface area contributed by atoms with E-state index in [0.717, 1.165) is 17.6 Å². The lowest BCUT2D eigenvalue weighted by Crippen LogP contribution is -1.99. The zero-order valence-electron chi connectivity index (χ0n) is 12.7. The number of aliphatic hydroxyl groups is 1. The van der Waals surface area contributed by atoms with Crippen LogP contribution in [-0.4, -0.2) is 5.11 Å². The molecule has 0 bridgehead atoms. The highest BCUT2D eigenvalue weighted by Crippen LogP contribution is 2.21. The smallest absolute Gasteiger partial charge is 0.0998 e. The van der Waals surface area contributed by atoms with Crippen LogP contribution in [0.2, 0.25) is 0 Å². The predicted molar refractivity (Wildman–Crippen MR) is 83.3 cm³/mol. The van der Waals surface area contributed by atoms with Crippen LogP contribution in [0.1, 0.15) is 70.1 Å². The fourth-order valence-electron chi connectivity index (χ4n) is 2.22. The van der Waals surface area contributed by atoms with Gasteiger partial charge in [-0.15, -0.1) is 0 Å². The first-order chi connectivity index (χ1) is 9.19. The summed E-state index contributed by atoms with van der Waals surface area (Å²) in [6.07, 6.45) is 9.28. The summed E-state index contributed by atoms with van der Waals surface area (Å²) < 4.78 is 0. The van der Waals surface area contributed by atoms with Crippen LogP contribution in [-0.2, 0) is 6.42 Å². The lowest BCUT2D eigenvalue weighted by Gasteiger charge is -2.12. The molecule has 0 radical (unpaired) electrons. The van der Waals surface area contributed by atoms with Gasteiger partial charge in [-0.1, -0.05) is 62.9 Å². The highest BCUT2D eigenvalue weighted by molar-refractivity contribution is 5.28. The Labute approximate surface area is 118 Å². The van der Waals surface area contributed by atoms with Gasteiger partial charge in [-0.25, -0.2) is 0 Å². The Morgan fingerprint density at radius 2 is 1.74 bits per heavy atom. The Kier molecular flexibility index (Phi) is 7.50. The molecule has 0 aliphatic heterocycles. The van der Waals surface area contributed by atoms with E-state index in [1.807, 2.05) is 19.9 Å². The lowest BCUT2D eigenvalue weighted by atomic mass is 9.99. The zero-order chi connectivity index (χ0) is 14.1. The Balaban J connectivity index is 2.43. The van der Waals surface area contributed by atoms with Crippen LogP contribution in [0.15, 0.2) is 35.9 Å². The summed E-state index contributed by atoms with van der Waals surface area (Å²) >= 11 is 0. The summed E-state index contributed by atoms with van der Waals surface area (Å²) in [5.74, 6) is 0. The van der Waals surface area contributed by atoms with E-state index in [9.17, 15) is 5.11 Å². The van der Waals surface area contributed by atoms with Crippen molar-refractivity contribution in [2.24, 2.45) is 0 Å². The van der Waals surface area contributed by atoms with Gasteiger partial charge in [-0.3, -0.25) is 0 Å². The van der Waals surface area contributed by atoms with Gasteiger partial charge in [-0.05, 0) is 43.4 Å². The number of aryl methyl sites for hydroxylation is 1. The van der Waals surface area contributed by atoms with Gasteiger partial charge in [0.25, 0.3) is 0 Å². The summed E-state index contributed by atoms with van der Waals surface area (Å²) in [4.78, 5) is 0. The molecular formula is C18H28O. The third-order valence-electron chi connectivity index (χ3n) is 3.75. The van der Waals surface area contributed by atoms with E-state index in [1.165, 1.54) is 37.7 Å². The third kappa shape index (κ3) is 5.61. The summed E-state index contributed by atoms with van der Waals surface area (Å²) in [6, 6.07) is 8.42. The molecule has 0 aliphatic rings. The fourth-order valence-corrected chi connectivity index (χ4v) is 2.22. The van der Waals surface area contributed by atoms with E-state index in [0.29, 0.717) is 0 Å². The molecule has 1 aromatic carbocycles. The zero-order valence-corrected chi connectivity index (χ0v) is 12.7. The molecule has 0 saturated carbocycles. The van der Waals surface area contributed by atoms with E-state index in [1.54, 1.807) is 0 Å². The van der Waals surface area contributed by atoms with Gasteiger partial charge in [0.2, 0.25) is 0 Å². The number of hydrogen-bond acceptors (Lipinski definition) is 1. The van der Waals surface area contributed by atoms with Crippen LogP contribution in [0.25, 0.3) is 0 Å². The highest BCUT2D eigenvalue weighted by atomic mass is 16.3. The topological polar surface area (TPSA) is 20.2 Å². The monoisotopic (exact) mass is 260 g/mol. The molecule has 1 atom stereocenters. The van der Waals surface area contributed by atoms with Crippen molar-refractivity contribution < 1.29 is 5.11 Å². The van der Waals surface area contributed by atoms with Crippen molar-refractivity contribution in [1.82, 2.24) is 0 Å². The minimum Gasteiger partial charge on any atom is -0.384 e. The van der Waals surface area contributed by atoms with Crippen LogP contribution in [0.3, 0.4) is 0 Å². The first-order valence-corrected chi connectivity index (χ1v) is 7.58. The second kappa shape index (κ2) is 8.92. The number of benzene rings is 1. The quantitative estimate of drug-likeness (QED) is 0.503. The Morgan fingerprint density at radius 1 is 1.11 bits per heavy atom. The van der Waals surface area contributed by atoms with Crippen molar-refractivity contribution in [3.8, 4) is 0 Å². The summed E-state index contributed by atoms with van der Waals surface area (Å²) in [5.41, 5.74) is 3.38. The van der Waals surface area contributed by atoms with Crippen molar-refractivity contribution in [2.45, 2.75) is 65.4 Å². The van der Waals surface area contributed by atoms with Gasteiger partial charge in [0, 0.05) is 0 Å². The first-order valence-electron chi connectivity index (χ1n) is 7.58. The maximum atomic E-state index is 10.1. The summed E-state index contributed by atoms with van der Waals surface area (Å²) in [6.45, 7) is 6.17. The van der Waals surface area contributed by atoms with Crippen LogP contribution in [0.5, 0.6) is 0 Å². The molecule has 1 aromatic rings. The molecule has 1 heteroatoms. The maximum absolute atomic E-state index is 10.1. The number of rotatable bonds is 8. The SMILES string of the molecule is C/C=C(\C)[C@H](O)c1ccc(CCCCCCC)cc1. The van der Waals surface area contributed by atoms with Crippen molar-refractivity contribution >= 4 is 0 Å². The molecular weight excluding hydrogens is 232 g/mol. The molecule has 0 heterocycles. The Morgan fingerprint density at radius 3 is 2.32 bits per heavy atom. The largest absolute Gasteiger partial charge is 0.384 e. The minimum atomic E-state index is -0.455. The average Bonchev–Trinajstić information content (AvgIpc) is 2.46. The van der Waals surface area contributed by atoms with E-state index in [4.69, 9.17) is 0 Å². The van der Waals surface area contributed by atoms with Gasteiger partial charge >= 0.3 is 0 Å². The molecule has 0 unspecified atom stereocenters. The van der Waals surface area contributed by atoms with E-state index >= 15 is 0 Å². The van der Waals surface area contributed by atoms with Gasteiger partial charge in [0.15, 0.2) is 0 Å².